The Kier molecular flexibility index (Phi) is 8.20. The van der Waals surface area contributed by atoms with Crippen LogP contribution >= 0.6 is 0 Å². The highest BCUT2D eigenvalue weighted by Crippen LogP contribution is 2.35. The fourth-order valence-electron chi connectivity index (χ4n) is 3.12. The molecule has 0 amide bonds. The summed E-state index contributed by atoms with van der Waals surface area (Å²) in [5.41, 5.74) is -2.33. The first-order chi connectivity index (χ1) is 17.5. The van der Waals surface area contributed by atoms with Crippen molar-refractivity contribution in [2.24, 2.45) is 5.16 Å². The molecule has 0 saturated heterocycles. The highest BCUT2D eigenvalue weighted by atomic mass is 19.4. The third kappa shape index (κ3) is 6.08. The van der Waals surface area contributed by atoms with E-state index in [0.717, 1.165) is 20.1 Å². The molecule has 0 spiro atoms. The molecular weight excluding hydrogens is 510 g/mol. The van der Waals surface area contributed by atoms with Crippen molar-refractivity contribution in [2.45, 2.75) is 19.7 Å². The van der Waals surface area contributed by atoms with Crippen LogP contribution in [0.25, 0.3) is 0 Å². The van der Waals surface area contributed by atoms with Gasteiger partial charge in [-0.1, -0.05) is 29.4 Å². The zero-order valence-electron chi connectivity index (χ0n) is 19.4. The van der Waals surface area contributed by atoms with Crippen molar-refractivity contribution < 1.29 is 45.4 Å². The first kappa shape index (κ1) is 27.2. The van der Waals surface area contributed by atoms with Crippen molar-refractivity contribution in [1.82, 2.24) is 9.97 Å². The molecule has 3 rings (SSSR count). The van der Waals surface area contributed by atoms with Crippen LogP contribution in [0.4, 0.5) is 38.0 Å². The average molecular weight is 528 g/mol. The lowest BCUT2D eigenvalue weighted by Gasteiger charge is -2.17. The van der Waals surface area contributed by atoms with Gasteiger partial charge < -0.3 is 19.6 Å². The van der Waals surface area contributed by atoms with Gasteiger partial charge in [-0.15, -0.1) is 0 Å². The number of benzene rings is 2. The Bertz CT molecular complexity index is 1350. The van der Waals surface area contributed by atoms with Gasteiger partial charge in [-0.3, -0.25) is 0 Å². The molecule has 0 atom stereocenters. The van der Waals surface area contributed by atoms with E-state index in [9.17, 15) is 31.1 Å². The van der Waals surface area contributed by atoms with E-state index in [2.05, 4.69) is 30.0 Å². The second kappa shape index (κ2) is 11.1. The molecule has 1 N–H and O–H groups in total. The van der Waals surface area contributed by atoms with Crippen LogP contribution in [0.1, 0.15) is 22.4 Å². The van der Waals surface area contributed by atoms with Crippen molar-refractivity contribution in [2.75, 3.05) is 19.5 Å². The predicted molar refractivity (Wildman–Crippen MR) is 118 cm³/mol. The number of aromatic nitrogens is 2. The minimum Gasteiger partial charge on any atom is -0.472 e. The molecule has 196 valence electrons. The maximum absolute atomic E-state index is 14.1. The summed E-state index contributed by atoms with van der Waals surface area (Å²) in [6.07, 6.45) is -4.96. The van der Waals surface area contributed by atoms with Gasteiger partial charge in [0.05, 0.1) is 12.8 Å². The molecule has 0 aliphatic carbocycles. The molecule has 0 bridgehead atoms. The molecule has 0 radical (unpaired) electrons. The Morgan fingerprint density at radius 3 is 2.38 bits per heavy atom. The molecule has 0 saturated carbocycles. The van der Waals surface area contributed by atoms with Gasteiger partial charge in [0.15, 0.2) is 28.9 Å². The lowest BCUT2D eigenvalue weighted by molar-refractivity contribution is -0.141. The van der Waals surface area contributed by atoms with Crippen molar-refractivity contribution in [3.05, 3.63) is 76.2 Å². The maximum Gasteiger partial charge on any atom is 0.433 e. The molecule has 0 unspecified atom stereocenters. The number of halogens is 6. The van der Waals surface area contributed by atoms with Crippen molar-refractivity contribution in [3.8, 4) is 5.88 Å². The molecule has 1 aromatic heterocycles. The number of ether oxygens (including phenoxy) is 2. The highest BCUT2D eigenvalue weighted by Gasteiger charge is 2.37. The Balaban J connectivity index is 2.01. The van der Waals surface area contributed by atoms with Crippen LogP contribution in [-0.4, -0.2) is 35.9 Å². The molecular formula is C23H18F6N4O4. The van der Waals surface area contributed by atoms with E-state index in [4.69, 9.17) is 4.74 Å². The van der Waals surface area contributed by atoms with Crippen molar-refractivity contribution in [3.63, 3.8) is 0 Å². The lowest BCUT2D eigenvalue weighted by Crippen LogP contribution is -2.20. The molecule has 1 heterocycles. The minimum atomic E-state index is -4.96. The molecule has 0 aliphatic rings. The van der Waals surface area contributed by atoms with Crippen LogP contribution in [0.3, 0.4) is 0 Å². The minimum absolute atomic E-state index is 0.209. The van der Waals surface area contributed by atoms with Gasteiger partial charge in [0.1, 0.15) is 13.7 Å². The number of esters is 1. The normalized spacial score (nSPS) is 11.8. The number of anilines is 2. The molecule has 0 fully saturated rings. The van der Waals surface area contributed by atoms with Crippen LogP contribution in [0.2, 0.25) is 0 Å². The maximum atomic E-state index is 14.1. The summed E-state index contributed by atoms with van der Waals surface area (Å²) in [6.45, 7) is 0.655. The lowest BCUT2D eigenvalue weighted by atomic mass is 10.0. The van der Waals surface area contributed by atoms with Crippen LogP contribution in [0.15, 0.2) is 41.6 Å². The molecule has 0 aliphatic heterocycles. The summed E-state index contributed by atoms with van der Waals surface area (Å²) in [4.78, 5) is 24.0. The van der Waals surface area contributed by atoms with Gasteiger partial charge in [0.25, 0.3) is 0 Å². The number of hydrogen-bond donors (Lipinski definition) is 1. The second-order valence-electron chi connectivity index (χ2n) is 7.23. The third-order valence-corrected chi connectivity index (χ3v) is 4.85. The summed E-state index contributed by atoms with van der Waals surface area (Å²) in [5, 5.41) is 5.74. The first-order valence-corrected chi connectivity index (χ1v) is 10.2. The van der Waals surface area contributed by atoms with E-state index >= 15 is 0 Å². The summed E-state index contributed by atoms with van der Waals surface area (Å²) in [7, 11) is 2.33. The second-order valence-corrected chi connectivity index (χ2v) is 7.23. The number of oxime groups is 1. The van der Waals surface area contributed by atoms with Gasteiger partial charge in [0.2, 0.25) is 11.8 Å². The summed E-state index contributed by atoms with van der Waals surface area (Å²) in [5.74, 6) is -7.18. The first-order valence-electron chi connectivity index (χ1n) is 10.2. The Labute approximate surface area is 205 Å². The van der Waals surface area contributed by atoms with Gasteiger partial charge in [-0.05, 0) is 24.6 Å². The monoisotopic (exact) mass is 528 g/mol. The number of alkyl halides is 3. The molecule has 8 nitrogen and oxygen atoms in total. The predicted octanol–water partition coefficient (Wildman–Crippen LogP) is 5.07. The van der Waals surface area contributed by atoms with Gasteiger partial charge in [-0.25, -0.2) is 22.9 Å². The number of hydrogen-bond acceptors (Lipinski definition) is 8. The molecule has 14 heteroatoms. The number of methoxy groups -OCH3 is 1. The van der Waals surface area contributed by atoms with E-state index in [1.807, 2.05) is 0 Å². The topological polar surface area (TPSA) is 94.9 Å². The van der Waals surface area contributed by atoms with E-state index < -0.39 is 65.0 Å². The quantitative estimate of drug-likeness (QED) is 0.144. The number of carbonyl (C=O) groups excluding carboxylic acids is 1. The smallest absolute Gasteiger partial charge is 0.433 e. The number of rotatable bonds is 8. The van der Waals surface area contributed by atoms with Gasteiger partial charge >= 0.3 is 12.1 Å². The number of nitrogens with zero attached hydrogens (tertiary/aromatic N) is 3. The fourth-order valence-corrected chi connectivity index (χ4v) is 3.12. The van der Waals surface area contributed by atoms with E-state index in [1.165, 1.54) is 19.2 Å². The zero-order valence-corrected chi connectivity index (χ0v) is 19.4. The zero-order chi connectivity index (χ0) is 27.3. The largest absolute Gasteiger partial charge is 0.472 e. The van der Waals surface area contributed by atoms with Crippen LogP contribution in [-0.2, 0) is 27.2 Å². The SMILES string of the molecule is CO/N=C(/C(=O)OC)c1ccccc1COc1nc(Nc2ccc(F)c(F)c2F)nc(C(F)(F)F)c1C. The van der Waals surface area contributed by atoms with Gasteiger partial charge in [-0.2, -0.15) is 18.2 Å². The summed E-state index contributed by atoms with van der Waals surface area (Å²) in [6, 6.07) is 7.50. The van der Waals surface area contributed by atoms with Crippen LogP contribution in [0.5, 0.6) is 5.88 Å². The molecule has 3 aromatic rings. The van der Waals surface area contributed by atoms with Crippen molar-refractivity contribution in [1.29, 1.82) is 0 Å². The van der Waals surface area contributed by atoms with E-state index in [1.54, 1.807) is 12.1 Å². The van der Waals surface area contributed by atoms with Crippen molar-refractivity contribution >= 4 is 23.3 Å². The number of nitrogens with one attached hydrogen (secondary N) is 1. The summed E-state index contributed by atoms with van der Waals surface area (Å²) >= 11 is 0. The Morgan fingerprint density at radius 1 is 1.03 bits per heavy atom. The van der Waals surface area contributed by atoms with Crippen LogP contribution < -0.4 is 10.1 Å². The fraction of sp³-hybridized carbons (Fsp3) is 0.217. The molecule has 37 heavy (non-hydrogen) atoms. The average Bonchev–Trinajstić information content (AvgIpc) is 2.86. The summed E-state index contributed by atoms with van der Waals surface area (Å²) < 4.78 is 92.0. The molecule has 2 aromatic carbocycles. The van der Waals surface area contributed by atoms with Crippen LogP contribution in [0, 0.1) is 24.4 Å². The Morgan fingerprint density at radius 2 is 1.73 bits per heavy atom. The van der Waals surface area contributed by atoms with E-state index in [-0.39, 0.29) is 11.3 Å². The van der Waals surface area contributed by atoms with E-state index in [0.29, 0.717) is 11.6 Å². The number of carbonyl (C=O) groups is 1. The highest BCUT2D eigenvalue weighted by molar-refractivity contribution is 6.43. The Hall–Kier alpha value is -4.36. The standard InChI is InChI=1S/C23H18F6N4O4/c1-11-19(23(27,28)29)31-22(30-15-9-8-14(24)16(25)17(15)26)32-20(11)37-10-12-6-4-5-7-13(12)18(33-36-3)21(34)35-2/h4-9H,10H2,1-3H3,(H,30,31,32)/b33-18+. The third-order valence-electron chi connectivity index (χ3n) is 4.85. The van der Waals surface area contributed by atoms with Gasteiger partial charge in [0, 0.05) is 11.1 Å².